The molecule has 0 aliphatic heterocycles. The van der Waals surface area contributed by atoms with Crippen molar-refractivity contribution in [3.63, 3.8) is 0 Å². The maximum Gasteiger partial charge on any atom is 0.0799 e. The zero-order valence-electron chi connectivity index (χ0n) is 9.68. The molecule has 1 aromatic carbocycles. The highest BCUT2D eigenvalue weighted by molar-refractivity contribution is 14.1. The van der Waals surface area contributed by atoms with Crippen molar-refractivity contribution in [2.75, 3.05) is 0 Å². The summed E-state index contributed by atoms with van der Waals surface area (Å²) in [7, 11) is 0. The third-order valence-electron chi connectivity index (χ3n) is 2.63. The van der Waals surface area contributed by atoms with Crippen molar-refractivity contribution in [1.82, 2.24) is 15.0 Å². The van der Waals surface area contributed by atoms with Gasteiger partial charge in [0.25, 0.3) is 0 Å². The summed E-state index contributed by atoms with van der Waals surface area (Å²) in [5, 5.41) is 7.99. The first-order valence-electron chi connectivity index (χ1n) is 5.61. The average molecular weight is 342 g/mol. The SMILES string of the molecule is CCCn1nncc1C(N)c1ccc(I)cc1. The number of nitrogens with zero attached hydrogens (tertiary/aromatic N) is 3. The topological polar surface area (TPSA) is 56.7 Å². The summed E-state index contributed by atoms with van der Waals surface area (Å²) in [6.45, 7) is 2.97. The highest BCUT2D eigenvalue weighted by atomic mass is 127. The van der Waals surface area contributed by atoms with E-state index in [0.29, 0.717) is 0 Å². The maximum absolute atomic E-state index is 6.24. The van der Waals surface area contributed by atoms with E-state index in [0.717, 1.165) is 24.2 Å². The molecule has 1 atom stereocenters. The molecular weight excluding hydrogens is 327 g/mol. The van der Waals surface area contributed by atoms with Gasteiger partial charge in [-0.25, -0.2) is 4.68 Å². The van der Waals surface area contributed by atoms with Gasteiger partial charge in [0.05, 0.1) is 17.9 Å². The lowest BCUT2D eigenvalue weighted by Gasteiger charge is -2.13. The van der Waals surface area contributed by atoms with Crippen LogP contribution in [0.3, 0.4) is 0 Å². The molecule has 5 heteroatoms. The number of nitrogens with two attached hydrogens (primary N) is 1. The predicted molar refractivity (Wildman–Crippen MR) is 75.5 cm³/mol. The zero-order valence-corrected chi connectivity index (χ0v) is 11.8. The second-order valence-electron chi connectivity index (χ2n) is 3.91. The van der Waals surface area contributed by atoms with Crippen molar-refractivity contribution >= 4 is 22.6 Å². The predicted octanol–water partition coefficient (Wildman–Crippen LogP) is 2.34. The standard InChI is InChI=1S/C12H15IN4/c1-2-7-17-11(8-15-16-17)12(14)9-3-5-10(13)6-4-9/h3-6,8,12H,2,7,14H2,1H3. The van der Waals surface area contributed by atoms with Crippen LogP contribution in [0.25, 0.3) is 0 Å². The number of aryl methyl sites for hydroxylation is 1. The number of aromatic nitrogens is 3. The lowest BCUT2D eigenvalue weighted by molar-refractivity contribution is 0.543. The molecule has 0 spiro atoms. The first kappa shape index (κ1) is 12.5. The minimum Gasteiger partial charge on any atom is -0.319 e. The van der Waals surface area contributed by atoms with Gasteiger partial charge in [-0.2, -0.15) is 0 Å². The van der Waals surface area contributed by atoms with Crippen LogP contribution < -0.4 is 5.73 Å². The number of halogens is 1. The normalized spacial score (nSPS) is 12.6. The van der Waals surface area contributed by atoms with E-state index in [1.807, 2.05) is 4.68 Å². The van der Waals surface area contributed by atoms with Crippen LogP contribution >= 0.6 is 22.6 Å². The van der Waals surface area contributed by atoms with Crippen LogP contribution in [0.4, 0.5) is 0 Å². The molecule has 0 fully saturated rings. The highest BCUT2D eigenvalue weighted by Crippen LogP contribution is 2.19. The van der Waals surface area contributed by atoms with Crippen LogP contribution in [0.5, 0.6) is 0 Å². The highest BCUT2D eigenvalue weighted by Gasteiger charge is 2.14. The first-order chi connectivity index (χ1) is 8.22. The Morgan fingerprint density at radius 3 is 2.71 bits per heavy atom. The van der Waals surface area contributed by atoms with Gasteiger partial charge in [-0.05, 0) is 46.7 Å². The Morgan fingerprint density at radius 2 is 2.06 bits per heavy atom. The monoisotopic (exact) mass is 342 g/mol. The molecule has 17 heavy (non-hydrogen) atoms. The number of rotatable bonds is 4. The average Bonchev–Trinajstić information content (AvgIpc) is 2.78. The van der Waals surface area contributed by atoms with Gasteiger partial charge in [0.1, 0.15) is 0 Å². The fraction of sp³-hybridized carbons (Fsp3) is 0.333. The fourth-order valence-electron chi connectivity index (χ4n) is 1.73. The molecule has 2 rings (SSSR count). The molecule has 4 nitrogen and oxygen atoms in total. The van der Waals surface area contributed by atoms with E-state index in [1.54, 1.807) is 6.20 Å². The minimum absolute atomic E-state index is 0.159. The van der Waals surface area contributed by atoms with E-state index in [1.165, 1.54) is 3.57 Å². The molecule has 0 saturated carbocycles. The molecule has 1 heterocycles. The first-order valence-corrected chi connectivity index (χ1v) is 6.69. The second kappa shape index (κ2) is 5.59. The Bertz CT molecular complexity index is 478. The fourth-order valence-corrected chi connectivity index (χ4v) is 2.09. The third-order valence-corrected chi connectivity index (χ3v) is 3.35. The molecular formula is C12H15IN4. The Labute approximate surface area is 114 Å². The molecule has 0 radical (unpaired) electrons. The van der Waals surface area contributed by atoms with Crippen LogP contribution in [-0.4, -0.2) is 15.0 Å². The van der Waals surface area contributed by atoms with Crippen molar-refractivity contribution in [3.8, 4) is 0 Å². The lowest BCUT2D eigenvalue weighted by Crippen LogP contribution is -2.17. The van der Waals surface area contributed by atoms with Crippen LogP contribution in [-0.2, 0) is 6.54 Å². The van der Waals surface area contributed by atoms with Crippen molar-refractivity contribution < 1.29 is 0 Å². The molecule has 2 N–H and O–H groups in total. The van der Waals surface area contributed by atoms with Gasteiger partial charge in [0.15, 0.2) is 0 Å². The summed E-state index contributed by atoms with van der Waals surface area (Å²) in [5.74, 6) is 0. The van der Waals surface area contributed by atoms with Crippen molar-refractivity contribution in [2.24, 2.45) is 5.73 Å². The quantitative estimate of drug-likeness (QED) is 0.868. The van der Waals surface area contributed by atoms with Gasteiger partial charge in [0, 0.05) is 10.1 Å². The Balaban J connectivity index is 2.26. The van der Waals surface area contributed by atoms with E-state index in [9.17, 15) is 0 Å². The Morgan fingerprint density at radius 1 is 1.35 bits per heavy atom. The summed E-state index contributed by atoms with van der Waals surface area (Å²) < 4.78 is 3.08. The third kappa shape index (κ3) is 2.84. The van der Waals surface area contributed by atoms with Crippen LogP contribution in [0.2, 0.25) is 0 Å². The Kier molecular flexibility index (Phi) is 4.11. The minimum atomic E-state index is -0.159. The summed E-state index contributed by atoms with van der Waals surface area (Å²) in [6.07, 6.45) is 2.77. The van der Waals surface area contributed by atoms with Crippen molar-refractivity contribution in [3.05, 3.63) is 45.3 Å². The van der Waals surface area contributed by atoms with Gasteiger partial charge in [-0.15, -0.1) is 5.10 Å². The van der Waals surface area contributed by atoms with Crippen molar-refractivity contribution in [1.29, 1.82) is 0 Å². The Hall–Kier alpha value is -0.950. The molecule has 0 aliphatic rings. The number of benzene rings is 1. The summed E-state index contributed by atoms with van der Waals surface area (Å²) >= 11 is 2.28. The lowest BCUT2D eigenvalue weighted by atomic mass is 10.1. The summed E-state index contributed by atoms with van der Waals surface area (Å²) in [5.41, 5.74) is 8.29. The zero-order chi connectivity index (χ0) is 12.3. The van der Waals surface area contributed by atoms with Gasteiger partial charge in [0.2, 0.25) is 0 Å². The van der Waals surface area contributed by atoms with E-state index < -0.39 is 0 Å². The van der Waals surface area contributed by atoms with Crippen LogP contribution in [0.15, 0.2) is 30.5 Å². The van der Waals surface area contributed by atoms with Crippen LogP contribution in [0.1, 0.15) is 30.6 Å². The van der Waals surface area contributed by atoms with Gasteiger partial charge < -0.3 is 5.73 Å². The van der Waals surface area contributed by atoms with E-state index in [2.05, 4.69) is 64.1 Å². The molecule has 0 bridgehead atoms. The summed E-state index contributed by atoms with van der Waals surface area (Å²) in [4.78, 5) is 0. The summed E-state index contributed by atoms with van der Waals surface area (Å²) in [6, 6.07) is 8.06. The van der Waals surface area contributed by atoms with Gasteiger partial charge in [-0.1, -0.05) is 24.3 Å². The molecule has 2 aromatic rings. The van der Waals surface area contributed by atoms with Crippen molar-refractivity contribution in [2.45, 2.75) is 25.9 Å². The second-order valence-corrected chi connectivity index (χ2v) is 5.16. The smallest absolute Gasteiger partial charge is 0.0799 e. The van der Waals surface area contributed by atoms with Gasteiger partial charge >= 0.3 is 0 Å². The molecule has 0 saturated heterocycles. The molecule has 1 unspecified atom stereocenters. The van der Waals surface area contributed by atoms with E-state index in [4.69, 9.17) is 5.73 Å². The molecule has 90 valence electrons. The number of hydrogen-bond donors (Lipinski definition) is 1. The largest absolute Gasteiger partial charge is 0.319 e. The van der Waals surface area contributed by atoms with Gasteiger partial charge in [-0.3, -0.25) is 0 Å². The maximum atomic E-state index is 6.24. The molecule has 0 amide bonds. The molecule has 1 aromatic heterocycles. The van der Waals surface area contributed by atoms with E-state index in [-0.39, 0.29) is 6.04 Å². The van der Waals surface area contributed by atoms with Crippen LogP contribution in [0, 0.1) is 3.57 Å². The molecule has 0 aliphatic carbocycles. The van der Waals surface area contributed by atoms with E-state index >= 15 is 0 Å². The number of hydrogen-bond acceptors (Lipinski definition) is 3.